The van der Waals surface area contributed by atoms with Gasteiger partial charge in [0.15, 0.2) is 0 Å². The molecule has 17 heavy (non-hydrogen) atoms. The summed E-state index contributed by atoms with van der Waals surface area (Å²) >= 11 is 3.53. The van der Waals surface area contributed by atoms with E-state index in [4.69, 9.17) is 9.47 Å². The van der Waals surface area contributed by atoms with Gasteiger partial charge in [-0.1, -0.05) is 15.9 Å². The first-order valence-corrected chi connectivity index (χ1v) is 6.70. The zero-order valence-electron chi connectivity index (χ0n) is 10.3. The van der Waals surface area contributed by atoms with Gasteiger partial charge >= 0.3 is 0 Å². The molecular formula is C13H18BrNO2. The molecule has 1 aliphatic heterocycles. The number of benzene rings is 1. The van der Waals surface area contributed by atoms with Crippen LogP contribution in [0.5, 0.6) is 5.75 Å². The second-order valence-electron chi connectivity index (χ2n) is 4.33. The van der Waals surface area contributed by atoms with Crippen LogP contribution in [-0.4, -0.2) is 26.3 Å². The minimum atomic E-state index is 0.205. The van der Waals surface area contributed by atoms with Gasteiger partial charge in [-0.05, 0) is 31.7 Å². The topological polar surface area (TPSA) is 30.5 Å². The van der Waals surface area contributed by atoms with Gasteiger partial charge in [0.2, 0.25) is 0 Å². The van der Waals surface area contributed by atoms with E-state index in [1.54, 1.807) is 0 Å². The summed E-state index contributed by atoms with van der Waals surface area (Å²) in [5, 5.41) is 3.10. The molecule has 0 fully saturated rings. The third-order valence-electron chi connectivity index (χ3n) is 2.84. The van der Waals surface area contributed by atoms with E-state index in [0.717, 1.165) is 35.4 Å². The van der Waals surface area contributed by atoms with Gasteiger partial charge in [-0.15, -0.1) is 0 Å². The quantitative estimate of drug-likeness (QED) is 0.906. The molecular weight excluding hydrogens is 282 g/mol. The van der Waals surface area contributed by atoms with Crippen LogP contribution in [0.2, 0.25) is 0 Å². The van der Waals surface area contributed by atoms with Crippen LogP contribution < -0.4 is 10.1 Å². The number of ether oxygens (including phenoxy) is 2. The summed E-state index contributed by atoms with van der Waals surface area (Å²) < 4.78 is 12.5. The van der Waals surface area contributed by atoms with E-state index in [2.05, 4.69) is 40.3 Å². The third kappa shape index (κ3) is 3.21. The lowest BCUT2D eigenvalue weighted by atomic mass is 10.1. The highest BCUT2D eigenvalue weighted by atomic mass is 79.9. The van der Waals surface area contributed by atoms with Gasteiger partial charge in [0.1, 0.15) is 5.75 Å². The molecule has 0 bridgehead atoms. The van der Waals surface area contributed by atoms with Crippen molar-refractivity contribution in [2.45, 2.75) is 26.1 Å². The van der Waals surface area contributed by atoms with E-state index < -0.39 is 0 Å². The Kier molecular flexibility index (Phi) is 4.42. The first kappa shape index (κ1) is 12.9. The molecule has 1 aromatic rings. The molecule has 1 aliphatic rings. The van der Waals surface area contributed by atoms with E-state index in [9.17, 15) is 0 Å². The number of likely N-dealkylation sites (N-methyl/N-ethyl adjacent to an activating group) is 1. The van der Waals surface area contributed by atoms with Crippen molar-refractivity contribution in [1.82, 2.24) is 5.32 Å². The standard InChI is InChI=1S/C13H18BrNO2/c1-9(7-15-2)17-8-11-6-12(14)5-10-3-4-16-13(10)11/h5-6,9,15H,3-4,7-8H2,1-2H3. The number of halogens is 1. The fourth-order valence-corrected chi connectivity index (χ4v) is 2.58. The lowest BCUT2D eigenvalue weighted by molar-refractivity contribution is 0.0533. The summed E-state index contributed by atoms with van der Waals surface area (Å²) in [6, 6.07) is 4.21. The van der Waals surface area contributed by atoms with Crippen molar-refractivity contribution >= 4 is 15.9 Å². The summed E-state index contributed by atoms with van der Waals surface area (Å²) in [6.07, 6.45) is 1.20. The first-order chi connectivity index (χ1) is 8.20. The Hall–Kier alpha value is -0.580. The molecule has 0 aliphatic carbocycles. The normalized spacial score (nSPS) is 15.5. The van der Waals surface area contributed by atoms with E-state index in [0.29, 0.717) is 6.61 Å². The molecule has 0 saturated carbocycles. The highest BCUT2D eigenvalue weighted by molar-refractivity contribution is 9.10. The Morgan fingerprint density at radius 3 is 3.12 bits per heavy atom. The number of rotatable bonds is 5. The smallest absolute Gasteiger partial charge is 0.128 e. The summed E-state index contributed by atoms with van der Waals surface area (Å²) in [5.74, 6) is 1.02. The maximum Gasteiger partial charge on any atom is 0.128 e. The monoisotopic (exact) mass is 299 g/mol. The lowest BCUT2D eigenvalue weighted by Crippen LogP contribution is -2.23. The van der Waals surface area contributed by atoms with Gasteiger partial charge in [-0.25, -0.2) is 0 Å². The first-order valence-electron chi connectivity index (χ1n) is 5.91. The van der Waals surface area contributed by atoms with Crippen molar-refractivity contribution < 1.29 is 9.47 Å². The van der Waals surface area contributed by atoms with Crippen molar-refractivity contribution in [1.29, 1.82) is 0 Å². The molecule has 94 valence electrons. The maximum absolute atomic E-state index is 5.79. The molecule has 0 amide bonds. The Morgan fingerprint density at radius 1 is 1.53 bits per heavy atom. The van der Waals surface area contributed by atoms with Crippen molar-refractivity contribution in [3.63, 3.8) is 0 Å². The molecule has 0 saturated heterocycles. The zero-order valence-corrected chi connectivity index (χ0v) is 11.8. The van der Waals surface area contributed by atoms with E-state index in [1.807, 2.05) is 7.05 Å². The molecule has 2 rings (SSSR count). The molecule has 0 aromatic heterocycles. The SMILES string of the molecule is CNCC(C)OCc1cc(Br)cc2c1OCC2. The predicted molar refractivity (Wildman–Crippen MR) is 71.5 cm³/mol. The van der Waals surface area contributed by atoms with Gasteiger partial charge < -0.3 is 14.8 Å². The summed E-state index contributed by atoms with van der Waals surface area (Å²) in [4.78, 5) is 0. The van der Waals surface area contributed by atoms with Gasteiger partial charge in [-0.3, -0.25) is 0 Å². The Balaban J connectivity index is 2.05. The van der Waals surface area contributed by atoms with Crippen LogP contribution in [0.1, 0.15) is 18.1 Å². The second kappa shape index (κ2) is 5.85. The fraction of sp³-hybridized carbons (Fsp3) is 0.538. The molecule has 3 nitrogen and oxygen atoms in total. The fourth-order valence-electron chi connectivity index (χ4n) is 2.03. The van der Waals surface area contributed by atoms with Crippen LogP contribution in [0.15, 0.2) is 16.6 Å². The summed E-state index contributed by atoms with van der Waals surface area (Å²) in [5.41, 5.74) is 2.41. The highest BCUT2D eigenvalue weighted by Gasteiger charge is 2.17. The van der Waals surface area contributed by atoms with Crippen LogP contribution in [-0.2, 0) is 17.8 Å². The Labute approximate surface area is 111 Å². The molecule has 1 unspecified atom stereocenters. The van der Waals surface area contributed by atoms with Gasteiger partial charge in [0.05, 0.1) is 19.3 Å². The second-order valence-corrected chi connectivity index (χ2v) is 5.25. The van der Waals surface area contributed by atoms with Crippen molar-refractivity contribution in [2.75, 3.05) is 20.2 Å². The van der Waals surface area contributed by atoms with Gasteiger partial charge in [0.25, 0.3) is 0 Å². The minimum Gasteiger partial charge on any atom is -0.493 e. The van der Waals surface area contributed by atoms with Crippen molar-refractivity contribution in [3.8, 4) is 5.75 Å². The van der Waals surface area contributed by atoms with E-state index in [-0.39, 0.29) is 6.10 Å². The van der Waals surface area contributed by atoms with Crippen LogP contribution in [0.25, 0.3) is 0 Å². The van der Waals surface area contributed by atoms with Crippen molar-refractivity contribution in [2.24, 2.45) is 0 Å². The molecule has 4 heteroatoms. The predicted octanol–water partition coefficient (Wildman–Crippen LogP) is 2.51. The number of nitrogens with one attached hydrogen (secondary N) is 1. The average Bonchev–Trinajstić information content (AvgIpc) is 2.74. The van der Waals surface area contributed by atoms with E-state index >= 15 is 0 Å². The van der Waals surface area contributed by atoms with Crippen molar-refractivity contribution in [3.05, 3.63) is 27.7 Å². The largest absolute Gasteiger partial charge is 0.493 e. The molecule has 0 radical (unpaired) electrons. The number of hydrogen-bond donors (Lipinski definition) is 1. The summed E-state index contributed by atoms with van der Waals surface area (Å²) in [7, 11) is 1.93. The molecule has 1 heterocycles. The van der Waals surface area contributed by atoms with Crippen LogP contribution in [0, 0.1) is 0 Å². The lowest BCUT2D eigenvalue weighted by Gasteiger charge is -2.14. The highest BCUT2D eigenvalue weighted by Crippen LogP contribution is 2.33. The minimum absolute atomic E-state index is 0.205. The Morgan fingerprint density at radius 2 is 2.35 bits per heavy atom. The van der Waals surface area contributed by atoms with Gasteiger partial charge in [0, 0.05) is 23.0 Å². The molecule has 1 aromatic carbocycles. The van der Waals surface area contributed by atoms with Crippen LogP contribution in [0.4, 0.5) is 0 Å². The molecule has 1 atom stereocenters. The van der Waals surface area contributed by atoms with Crippen LogP contribution in [0.3, 0.4) is 0 Å². The molecule has 1 N–H and O–H groups in total. The molecule has 0 spiro atoms. The number of fused-ring (bicyclic) bond motifs is 1. The Bertz CT molecular complexity index is 395. The average molecular weight is 300 g/mol. The van der Waals surface area contributed by atoms with E-state index in [1.165, 1.54) is 5.56 Å². The van der Waals surface area contributed by atoms with Gasteiger partial charge in [-0.2, -0.15) is 0 Å². The zero-order chi connectivity index (χ0) is 12.3. The summed E-state index contributed by atoms with van der Waals surface area (Å²) in [6.45, 7) is 4.31. The maximum atomic E-state index is 5.79. The number of hydrogen-bond acceptors (Lipinski definition) is 3. The third-order valence-corrected chi connectivity index (χ3v) is 3.30. The van der Waals surface area contributed by atoms with Crippen LogP contribution >= 0.6 is 15.9 Å².